The number of quaternary nitrogens is 1. The smallest absolute Gasteiger partial charge is 0.133 e. The van der Waals surface area contributed by atoms with Gasteiger partial charge < -0.3 is 0 Å². The number of pyridine rings is 1. The SMILES string of the molecule is C[N+](C)(C)c1cc2ccc3c(-c4ccc(-c5ccccn5)cc4)cc(-c4ccc(-c5cccc6ccccc56)cc4)c4ccc(c1)c2c34. The van der Waals surface area contributed by atoms with Gasteiger partial charge in [0.15, 0.2) is 0 Å². The molecule has 0 saturated heterocycles. The zero-order valence-electron chi connectivity index (χ0n) is 27.4. The van der Waals surface area contributed by atoms with Gasteiger partial charge in [0, 0.05) is 23.9 Å². The molecule has 2 nitrogen and oxygen atoms in total. The van der Waals surface area contributed by atoms with Crippen molar-refractivity contribution < 1.29 is 0 Å². The molecular weight excluding hydrogens is 581 g/mol. The summed E-state index contributed by atoms with van der Waals surface area (Å²) in [5.41, 5.74) is 10.8. The Balaban J connectivity index is 1.27. The Morgan fingerprint density at radius 3 is 1.56 bits per heavy atom. The second kappa shape index (κ2) is 10.9. The van der Waals surface area contributed by atoms with Crippen molar-refractivity contribution >= 4 is 48.8 Å². The number of hydrogen-bond acceptors (Lipinski definition) is 1. The Labute approximate surface area is 281 Å². The van der Waals surface area contributed by atoms with Gasteiger partial charge in [-0.05, 0) is 94.7 Å². The Bertz CT molecular complexity index is 2590. The lowest BCUT2D eigenvalue weighted by atomic mass is 9.85. The first-order valence-corrected chi connectivity index (χ1v) is 16.6. The summed E-state index contributed by atoms with van der Waals surface area (Å²) in [6, 6.07) is 55.8. The first-order chi connectivity index (χ1) is 23.4. The van der Waals surface area contributed by atoms with Crippen molar-refractivity contribution in [2.75, 3.05) is 21.1 Å². The van der Waals surface area contributed by atoms with E-state index in [-0.39, 0.29) is 0 Å². The third-order valence-electron chi connectivity index (χ3n) is 9.93. The van der Waals surface area contributed by atoms with E-state index in [0.29, 0.717) is 0 Å². The van der Waals surface area contributed by atoms with E-state index >= 15 is 0 Å². The molecule has 228 valence electrons. The van der Waals surface area contributed by atoms with Crippen LogP contribution in [0.25, 0.3) is 87.7 Å². The lowest BCUT2D eigenvalue weighted by molar-refractivity contribution is 0.487. The molecule has 0 unspecified atom stereocenters. The molecule has 0 aliphatic rings. The lowest BCUT2D eigenvalue weighted by Crippen LogP contribution is -2.34. The molecule has 0 N–H and O–H groups in total. The fourth-order valence-electron chi connectivity index (χ4n) is 7.42. The molecule has 2 heteroatoms. The molecule has 0 spiro atoms. The summed E-state index contributed by atoms with van der Waals surface area (Å²) in [6.07, 6.45) is 1.85. The predicted molar refractivity (Wildman–Crippen MR) is 207 cm³/mol. The van der Waals surface area contributed by atoms with Crippen LogP contribution in [0.4, 0.5) is 5.69 Å². The van der Waals surface area contributed by atoms with Gasteiger partial charge in [-0.25, -0.2) is 0 Å². The van der Waals surface area contributed by atoms with E-state index < -0.39 is 0 Å². The van der Waals surface area contributed by atoms with Crippen LogP contribution in [0.15, 0.2) is 158 Å². The molecule has 1 heterocycles. The van der Waals surface area contributed by atoms with Crippen molar-refractivity contribution in [2.45, 2.75) is 0 Å². The van der Waals surface area contributed by atoms with Crippen molar-refractivity contribution in [1.82, 2.24) is 9.47 Å². The molecule has 0 fully saturated rings. The van der Waals surface area contributed by atoms with Crippen molar-refractivity contribution in [3.05, 3.63) is 158 Å². The van der Waals surface area contributed by atoms with Gasteiger partial charge in [0.1, 0.15) is 5.69 Å². The van der Waals surface area contributed by atoms with Gasteiger partial charge in [0.2, 0.25) is 0 Å². The average Bonchev–Trinajstić information content (AvgIpc) is 3.13. The van der Waals surface area contributed by atoms with Crippen LogP contribution in [0, 0.1) is 0 Å². The van der Waals surface area contributed by atoms with Crippen molar-refractivity contribution in [1.29, 1.82) is 0 Å². The maximum absolute atomic E-state index is 4.58. The van der Waals surface area contributed by atoms with Gasteiger partial charge >= 0.3 is 0 Å². The number of benzene rings is 8. The van der Waals surface area contributed by atoms with E-state index in [4.69, 9.17) is 0 Å². The Hall–Kier alpha value is -5.83. The third kappa shape index (κ3) is 4.65. The summed E-state index contributed by atoms with van der Waals surface area (Å²) < 4.78 is 0.776. The number of nitrogens with zero attached hydrogens (tertiary/aromatic N) is 2. The molecule has 0 aliphatic heterocycles. The summed E-state index contributed by atoms with van der Waals surface area (Å²) >= 11 is 0. The maximum atomic E-state index is 4.58. The van der Waals surface area contributed by atoms with Crippen LogP contribution in [0.3, 0.4) is 0 Å². The van der Waals surface area contributed by atoms with Gasteiger partial charge in [0.05, 0.1) is 26.8 Å². The molecule has 0 bridgehead atoms. The molecule has 0 radical (unpaired) electrons. The van der Waals surface area contributed by atoms with E-state index in [0.717, 1.165) is 15.7 Å². The molecule has 9 aromatic rings. The van der Waals surface area contributed by atoms with E-state index in [1.165, 1.54) is 82.2 Å². The first kappa shape index (κ1) is 28.4. The van der Waals surface area contributed by atoms with Gasteiger partial charge in [-0.1, -0.05) is 121 Å². The summed E-state index contributed by atoms with van der Waals surface area (Å²) in [4.78, 5) is 4.58. The molecular formula is C46H35N2+. The lowest BCUT2D eigenvalue weighted by Gasteiger charge is -2.25. The van der Waals surface area contributed by atoms with Gasteiger partial charge in [-0.2, -0.15) is 0 Å². The fourth-order valence-corrected chi connectivity index (χ4v) is 7.42. The number of fused-ring (bicyclic) bond motifs is 1. The quantitative estimate of drug-likeness (QED) is 0.139. The van der Waals surface area contributed by atoms with Crippen LogP contribution in [-0.2, 0) is 0 Å². The predicted octanol–water partition coefficient (Wildman–Crippen LogP) is 12.0. The van der Waals surface area contributed by atoms with Crippen molar-refractivity contribution in [2.24, 2.45) is 0 Å². The summed E-state index contributed by atoms with van der Waals surface area (Å²) in [6.45, 7) is 0. The normalized spacial score (nSPS) is 12.1. The van der Waals surface area contributed by atoms with Crippen LogP contribution in [0.2, 0.25) is 0 Å². The molecule has 0 amide bonds. The molecule has 0 atom stereocenters. The third-order valence-corrected chi connectivity index (χ3v) is 9.93. The minimum Gasteiger partial charge on any atom is -0.298 e. The molecule has 9 rings (SSSR count). The highest BCUT2D eigenvalue weighted by molar-refractivity contribution is 6.28. The minimum absolute atomic E-state index is 0.776. The number of rotatable bonds is 5. The number of aromatic nitrogens is 1. The highest BCUT2D eigenvalue weighted by Crippen LogP contribution is 2.45. The molecule has 1 aromatic heterocycles. The summed E-state index contributed by atoms with van der Waals surface area (Å²) in [5.74, 6) is 0. The zero-order chi connectivity index (χ0) is 32.4. The monoisotopic (exact) mass is 615 g/mol. The van der Waals surface area contributed by atoms with Gasteiger partial charge in [-0.3, -0.25) is 9.47 Å². The second-order valence-corrected chi connectivity index (χ2v) is 13.7. The second-order valence-electron chi connectivity index (χ2n) is 13.7. The van der Waals surface area contributed by atoms with Crippen LogP contribution in [0.5, 0.6) is 0 Å². The topological polar surface area (TPSA) is 12.9 Å². The Morgan fingerprint density at radius 2 is 0.958 bits per heavy atom. The first-order valence-electron chi connectivity index (χ1n) is 16.6. The van der Waals surface area contributed by atoms with E-state index in [2.05, 4.69) is 166 Å². The van der Waals surface area contributed by atoms with E-state index in [9.17, 15) is 0 Å². The molecule has 0 aliphatic carbocycles. The van der Waals surface area contributed by atoms with Gasteiger partial charge in [0.25, 0.3) is 0 Å². The minimum atomic E-state index is 0.776. The van der Waals surface area contributed by atoms with Gasteiger partial charge in [-0.15, -0.1) is 0 Å². The van der Waals surface area contributed by atoms with Crippen LogP contribution < -0.4 is 4.48 Å². The van der Waals surface area contributed by atoms with Crippen LogP contribution >= 0.6 is 0 Å². The Kier molecular flexibility index (Phi) is 6.43. The average molecular weight is 616 g/mol. The van der Waals surface area contributed by atoms with Crippen LogP contribution in [0.1, 0.15) is 0 Å². The van der Waals surface area contributed by atoms with E-state index in [1.54, 1.807) is 0 Å². The molecule has 8 aromatic carbocycles. The fraction of sp³-hybridized carbons (Fsp3) is 0.0652. The number of hydrogen-bond donors (Lipinski definition) is 0. The largest absolute Gasteiger partial charge is 0.298 e. The summed E-state index contributed by atoms with van der Waals surface area (Å²) in [7, 11) is 6.71. The van der Waals surface area contributed by atoms with E-state index in [1.807, 2.05) is 18.3 Å². The molecule has 0 saturated carbocycles. The van der Waals surface area contributed by atoms with Crippen molar-refractivity contribution in [3.63, 3.8) is 0 Å². The maximum Gasteiger partial charge on any atom is 0.133 e. The summed E-state index contributed by atoms with van der Waals surface area (Å²) in [5, 5.41) is 10.3. The van der Waals surface area contributed by atoms with Crippen molar-refractivity contribution in [3.8, 4) is 44.6 Å². The molecule has 48 heavy (non-hydrogen) atoms. The zero-order valence-corrected chi connectivity index (χ0v) is 27.4. The highest BCUT2D eigenvalue weighted by atomic mass is 15.3. The highest BCUT2D eigenvalue weighted by Gasteiger charge is 2.20. The standard InChI is InChI=1S/C46H35N2/c1-48(2,3)37-27-35-22-24-40-42(32-16-14-31(15-17-32)39-12-8-10-30-9-4-5-11-38(30)39)29-43(41-25-23-36(28-37)45(35)46(40)41)33-18-20-34(21-19-33)44-13-6-7-26-47-44/h4-29H,1-3H3/q+1. The Morgan fingerprint density at radius 1 is 0.396 bits per heavy atom. The van der Waals surface area contributed by atoms with Crippen LogP contribution in [-0.4, -0.2) is 26.1 Å².